The Bertz CT molecular complexity index is 931. The van der Waals surface area contributed by atoms with Gasteiger partial charge in [-0.1, -0.05) is 36.4 Å². The summed E-state index contributed by atoms with van der Waals surface area (Å²) in [7, 11) is 0. The third kappa shape index (κ3) is 6.18. The first-order valence-corrected chi connectivity index (χ1v) is 11.0. The number of hydrogen-bond acceptors (Lipinski definition) is 6. The minimum absolute atomic E-state index is 0.324. The summed E-state index contributed by atoms with van der Waals surface area (Å²) >= 11 is 0. The summed E-state index contributed by atoms with van der Waals surface area (Å²) in [6.45, 7) is 6.48. The highest BCUT2D eigenvalue weighted by atomic mass is 16.5. The number of nitrogens with one attached hydrogen (secondary N) is 2. The Balaban J connectivity index is 1.38. The van der Waals surface area contributed by atoms with Gasteiger partial charge in [-0.3, -0.25) is 4.90 Å². The minimum Gasteiger partial charge on any atom is -0.459 e. The highest BCUT2D eigenvalue weighted by Gasteiger charge is 2.17. The van der Waals surface area contributed by atoms with Gasteiger partial charge >= 0.3 is 0 Å². The number of nitrogens with zero attached hydrogens (tertiary/aromatic N) is 1. The van der Waals surface area contributed by atoms with E-state index < -0.39 is 0 Å². The van der Waals surface area contributed by atoms with Gasteiger partial charge in [-0.2, -0.15) is 0 Å². The van der Waals surface area contributed by atoms with Gasteiger partial charge in [0.05, 0.1) is 19.3 Å². The van der Waals surface area contributed by atoms with Crippen LogP contribution in [0.3, 0.4) is 0 Å². The molecule has 31 heavy (non-hydrogen) atoms. The summed E-state index contributed by atoms with van der Waals surface area (Å²) < 4.78 is 11.4. The Kier molecular flexibility index (Phi) is 7.74. The van der Waals surface area contributed by atoms with E-state index in [1.807, 2.05) is 66.9 Å². The predicted molar refractivity (Wildman–Crippen MR) is 126 cm³/mol. The van der Waals surface area contributed by atoms with Crippen molar-refractivity contribution in [3.63, 3.8) is 0 Å². The molecule has 1 aromatic heterocycles. The monoisotopic (exact) mass is 420 g/mol. The maximum atomic E-state index is 6.63. The van der Waals surface area contributed by atoms with Crippen LogP contribution in [0, 0.1) is 0 Å². The van der Waals surface area contributed by atoms with Crippen LogP contribution in [0.1, 0.15) is 18.2 Å². The first kappa shape index (κ1) is 21.6. The van der Waals surface area contributed by atoms with E-state index in [9.17, 15) is 0 Å². The lowest BCUT2D eigenvalue weighted by Gasteiger charge is -2.26. The first-order valence-electron chi connectivity index (χ1n) is 11.0. The first-order chi connectivity index (χ1) is 15.3. The molecule has 0 amide bonds. The van der Waals surface area contributed by atoms with Crippen LogP contribution < -0.4 is 16.4 Å². The molecule has 0 spiro atoms. The number of benzene rings is 2. The van der Waals surface area contributed by atoms with Gasteiger partial charge in [0, 0.05) is 36.9 Å². The molecule has 2 heterocycles. The molecule has 0 radical (unpaired) electrons. The second-order valence-corrected chi connectivity index (χ2v) is 7.88. The summed E-state index contributed by atoms with van der Waals surface area (Å²) in [5.41, 5.74) is 9.58. The van der Waals surface area contributed by atoms with Crippen molar-refractivity contribution in [1.29, 1.82) is 0 Å². The molecule has 3 aromatic rings. The largest absolute Gasteiger partial charge is 0.459 e. The number of nitrogens with two attached hydrogens (primary N) is 1. The van der Waals surface area contributed by atoms with Crippen LogP contribution in [0.4, 0.5) is 5.69 Å². The van der Waals surface area contributed by atoms with Gasteiger partial charge in [0.1, 0.15) is 11.3 Å². The smallest absolute Gasteiger partial charge is 0.134 e. The van der Waals surface area contributed by atoms with E-state index in [2.05, 4.69) is 15.5 Å². The van der Waals surface area contributed by atoms with Crippen molar-refractivity contribution in [2.24, 2.45) is 5.73 Å². The highest BCUT2D eigenvalue weighted by Crippen LogP contribution is 2.26. The van der Waals surface area contributed by atoms with Gasteiger partial charge in [-0.25, -0.2) is 0 Å². The summed E-state index contributed by atoms with van der Waals surface area (Å²) in [4.78, 5) is 2.46. The van der Waals surface area contributed by atoms with Gasteiger partial charge in [0.2, 0.25) is 0 Å². The zero-order valence-corrected chi connectivity index (χ0v) is 17.9. The van der Waals surface area contributed by atoms with E-state index in [4.69, 9.17) is 14.9 Å². The van der Waals surface area contributed by atoms with Crippen LogP contribution in [0.2, 0.25) is 0 Å². The fraction of sp³-hybridized carbons (Fsp3) is 0.360. The molecular weight excluding hydrogens is 388 g/mol. The lowest BCUT2D eigenvalue weighted by atomic mass is 10.1. The van der Waals surface area contributed by atoms with Gasteiger partial charge in [-0.05, 0) is 49.3 Å². The molecule has 0 aliphatic carbocycles. The van der Waals surface area contributed by atoms with Crippen molar-refractivity contribution in [1.82, 2.24) is 10.2 Å². The fourth-order valence-corrected chi connectivity index (χ4v) is 3.78. The number of furan rings is 1. The number of hydrogen-bond donors (Lipinski definition) is 3. The maximum Gasteiger partial charge on any atom is 0.134 e. The van der Waals surface area contributed by atoms with E-state index in [1.54, 1.807) is 0 Å². The molecule has 1 unspecified atom stereocenters. The Hall–Kier alpha value is -2.64. The number of ether oxygens (including phenoxy) is 1. The maximum absolute atomic E-state index is 6.63. The highest BCUT2D eigenvalue weighted by molar-refractivity contribution is 5.77. The molecule has 6 heteroatoms. The van der Waals surface area contributed by atoms with E-state index in [1.165, 1.54) is 0 Å². The fourth-order valence-electron chi connectivity index (χ4n) is 3.78. The zero-order valence-electron chi connectivity index (χ0n) is 17.9. The van der Waals surface area contributed by atoms with Crippen molar-refractivity contribution in [2.75, 3.05) is 51.3 Å². The topological polar surface area (TPSA) is 75.7 Å². The standard InChI is InChI=1S/C25H32N4O2/c26-25(24-17-20-7-4-5-10-23(20)31-24)21(19-28-22-8-2-1-3-9-22)18-27-11-6-12-29-13-15-30-16-14-29/h1-5,7-10,17,19,25,27-28H,6,11-16,18,26H2/b21-19-. The molecule has 1 atom stereocenters. The lowest BCUT2D eigenvalue weighted by molar-refractivity contribution is 0.0375. The third-order valence-corrected chi connectivity index (χ3v) is 5.61. The average molecular weight is 421 g/mol. The van der Waals surface area contributed by atoms with Crippen molar-refractivity contribution in [2.45, 2.75) is 12.5 Å². The Morgan fingerprint density at radius 1 is 1.06 bits per heavy atom. The second kappa shape index (κ2) is 11.1. The Morgan fingerprint density at radius 3 is 2.65 bits per heavy atom. The average Bonchev–Trinajstić information content (AvgIpc) is 3.26. The molecule has 1 aliphatic rings. The number of para-hydroxylation sites is 2. The van der Waals surface area contributed by atoms with Gasteiger partial charge < -0.3 is 25.5 Å². The van der Waals surface area contributed by atoms with E-state index in [0.29, 0.717) is 6.54 Å². The third-order valence-electron chi connectivity index (χ3n) is 5.61. The zero-order chi connectivity index (χ0) is 21.3. The molecule has 0 saturated carbocycles. The van der Waals surface area contributed by atoms with Gasteiger partial charge in [0.25, 0.3) is 0 Å². The molecule has 1 saturated heterocycles. The summed E-state index contributed by atoms with van der Waals surface area (Å²) in [5.74, 6) is 0.775. The van der Waals surface area contributed by atoms with Crippen molar-refractivity contribution in [3.8, 4) is 0 Å². The van der Waals surface area contributed by atoms with Crippen molar-refractivity contribution >= 4 is 16.7 Å². The van der Waals surface area contributed by atoms with Crippen LogP contribution >= 0.6 is 0 Å². The van der Waals surface area contributed by atoms with Crippen LogP contribution in [0.25, 0.3) is 11.0 Å². The molecule has 4 N–H and O–H groups in total. The summed E-state index contributed by atoms with van der Waals surface area (Å²) in [6, 6.07) is 19.8. The van der Waals surface area contributed by atoms with Crippen molar-refractivity contribution < 1.29 is 9.15 Å². The van der Waals surface area contributed by atoms with Crippen LogP contribution in [0.15, 0.2) is 76.9 Å². The molecule has 4 rings (SSSR count). The quantitative estimate of drug-likeness (QED) is 0.434. The number of morpholine rings is 1. The number of fused-ring (bicyclic) bond motifs is 1. The minimum atomic E-state index is -0.324. The van der Waals surface area contributed by atoms with Crippen molar-refractivity contribution in [3.05, 3.63) is 78.2 Å². The molecule has 1 fully saturated rings. The SMILES string of the molecule is NC(/C(=C\Nc1ccccc1)CNCCCN1CCOCC1)c1cc2ccccc2o1. The molecule has 164 valence electrons. The molecule has 0 bridgehead atoms. The van der Waals surface area contributed by atoms with Crippen LogP contribution in [-0.2, 0) is 4.74 Å². The Labute approximate surface area is 184 Å². The molecule has 2 aromatic carbocycles. The van der Waals surface area contributed by atoms with E-state index in [0.717, 1.165) is 73.8 Å². The molecule has 1 aliphatic heterocycles. The van der Waals surface area contributed by atoms with Gasteiger partial charge in [-0.15, -0.1) is 0 Å². The lowest BCUT2D eigenvalue weighted by Crippen LogP contribution is -2.38. The second-order valence-electron chi connectivity index (χ2n) is 7.88. The normalized spacial score (nSPS) is 16.5. The number of rotatable bonds is 10. The Morgan fingerprint density at radius 2 is 1.84 bits per heavy atom. The van der Waals surface area contributed by atoms with Crippen LogP contribution in [-0.4, -0.2) is 50.8 Å². The van der Waals surface area contributed by atoms with E-state index in [-0.39, 0.29) is 6.04 Å². The molecular formula is C25H32N4O2. The number of anilines is 1. The molecule has 6 nitrogen and oxygen atoms in total. The summed E-state index contributed by atoms with van der Waals surface area (Å²) in [6.07, 6.45) is 3.10. The van der Waals surface area contributed by atoms with Crippen LogP contribution in [0.5, 0.6) is 0 Å². The van der Waals surface area contributed by atoms with Gasteiger partial charge in [0.15, 0.2) is 0 Å². The van der Waals surface area contributed by atoms with E-state index >= 15 is 0 Å². The predicted octanol–water partition coefficient (Wildman–Crippen LogP) is 3.74. The summed E-state index contributed by atoms with van der Waals surface area (Å²) in [5, 5.41) is 8.00.